The number of nitrogens with one attached hydrogen (secondary N) is 2. The van der Waals surface area contributed by atoms with Crippen LogP contribution in [0.4, 0.5) is 5.69 Å². The molecule has 1 saturated carbocycles. The van der Waals surface area contributed by atoms with Gasteiger partial charge in [0, 0.05) is 37.1 Å². The summed E-state index contributed by atoms with van der Waals surface area (Å²) in [4.78, 5) is 25.1. The zero-order chi connectivity index (χ0) is 23.6. The number of anilines is 1. The molecule has 1 saturated heterocycles. The number of aromatic amines is 2. The van der Waals surface area contributed by atoms with Crippen LogP contribution >= 0.6 is 0 Å². The zero-order valence-electron chi connectivity index (χ0n) is 19.8. The molecule has 1 aliphatic heterocycles. The number of nitriles is 1. The molecule has 3 heterocycles. The Bertz CT molecular complexity index is 1330. The third kappa shape index (κ3) is 3.32. The first kappa shape index (κ1) is 21.3. The molecule has 34 heavy (non-hydrogen) atoms. The second-order valence-corrected chi connectivity index (χ2v) is 10.3. The van der Waals surface area contributed by atoms with E-state index in [4.69, 9.17) is 9.72 Å². The molecule has 2 aliphatic carbocycles. The Hall–Kier alpha value is -3.22. The third-order valence-corrected chi connectivity index (χ3v) is 8.11. The molecule has 0 bridgehead atoms. The number of H-pyrrole nitrogens is 2. The minimum atomic E-state index is -0.270. The normalized spacial score (nSPS) is 24.8. The molecule has 0 spiro atoms. The Morgan fingerprint density at radius 2 is 2.18 bits per heavy atom. The van der Waals surface area contributed by atoms with Gasteiger partial charge in [0.2, 0.25) is 5.91 Å². The maximum atomic E-state index is 13.2. The lowest BCUT2D eigenvalue weighted by atomic mass is 9.88. The number of morpholine rings is 1. The molecule has 9 heteroatoms. The lowest BCUT2D eigenvalue weighted by Gasteiger charge is -2.33. The number of carbonyl (C=O) groups excluding carboxylic acids is 1. The van der Waals surface area contributed by atoms with Gasteiger partial charge in [0.1, 0.15) is 11.8 Å². The molecule has 0 unspecified atom stereocenters. The number of imidazole rings is 1. The lowest BCUT2D eigenvalue weighted by Crippen LogP contribution is -2.50. The molecule has 9 nitrogen and oxygen atoms in total. The van der Waals surface area contributed by atoms with E-state index < -0.39 is 0 Å². The van der Waals surface area contributed by atoms with Crippen LogP contribution in [0.2, 0.25) is 0 Å². The molecule has 6 rings (SSSR count). The fourth-order valence-electron chi connectivity index (χ4n) is 5.67. The average Bonchev–Trinajstić information content (AvgIpc) is 3.15. The number of amides is 1. The van der Waals surface area contributed by atoms with Crippen LogP contribution in [0.5, 0.6) is 0 Å². The predicted molar refractivity (Wildman–Crippen MR) is 127 cm³/mol. The number of benzene rings is 1. The first-order valence-corrected chi connectivity index (χ1v) is 12.0. The summed E-state index contributed by atoms with van der Waals surface area (Å²) in [5, 5.41) is 17.7. The van der Waals surface area contributed by atoms with Gasteiger partial charge in [0.15, 0.2) is 5.82 Å². The zero-order valence-corrected chi connectivity index (χ0v) is 19.8. The summed E-state index contributed by atoms with van der Waals surface area (Å²) in [5.41, 5.74) is 6.16. The molecule has 3 aliphatic rings. The van der Waals surface area contributed by atoms with Crippen molar-refractivity contribution in [2.75, 3.05) is 38.3 Å². The topological polar surface area (TPSA) is 114 Å². The van der Waals surface area contributed by atoms with Crippen LogP contribution in [0, 0.1) is 22.7 Å². The number of fused-ring (bicyclic) bond motifs is 3. The highest BCUT2D eigenvalue weighted by atomic mass is 16.5. The first-order chi connectivity index (χ1) is 16.4. The largest absolute Gasteiger partial charge is 0.379 e. The number of rotatable bonds is 4. The second kappa shape index (κ2) is 7.65. The summed E-state index contributed by atoms with van der Waals surface area (Å²) in [6.45, 7) is 7.02. The summed E-state index contributed by atoms with van der Waals surface area (Å²) in [6.07, 6.45) is 3.31. The number of aromatic nitrogens is 4. The van der Waals surface area contributed by atoms with Gasteiger partial charge in [-0.1, -0.05) is 6.92 Å². The summed E-state index contributed by atoms with van der Waals surface area (Å²) >= 11 is 0. The molecule has 0 radical (unpaired) electrons. The number of ether oxygens (including phenoxy) is 1. The number of carbonyl (C=O) groups is 1. The predicted octanol–water partition coefficient (Wildman–Crippen LogP) is 2.63. The van der Waals surface area contributed by atoms with Gasteiger partial charge in [0.05, 0.1) is 35.9 Å². The van der Waals surface area contributed by atoms with Crippen LogP contribution in [-0.4, -0.2) is 70.4 Å². The van der Waals surface area contributed by atoms with Crippen molar-refractivity contribution < 1.29 is 9.53 Å². The quantitative estimate of drug-likeness (QED) is 0.620. The van der Waals surface area contributed by atoms with Gasteiger partial charge in [0.25, 0.3) is 0 Å². The fraction of sp³-hybridized carbons (Fsp3) is 0.520. The maximum absolute atomic E-state index is 13.2. The van der Waals surface area contributed by atoms with Crippen LogP contribution in [-0.2, 0) is 22.4 Å². The minimum absolute atomic E-state index is 0.0187. The van der Waals surface area contributed by atoms with Crippen molar-refractivity contribution in [2.24, 2.45) is 11.3 Å². The SMILES string of the molecule is C[C@@H](C(=O)N(C)c1cc(C#N)c2[nH]c(-c3n[nH]c4c3C[C@@H]3C[C@]3(C)C4)nc2c1)N1CCOCC1. The molecule has 2 aromatic heterocycles. The summed E-state index contributed by atoms with van der Waals surface area (Å²) in [5.74, 6) is 1.37. The van der Waals surface area contributed by atoms with E-state index in [1.165, 1.54) is 17.7 Å². The number of likely N-dealkylation sites (N-methyl/N-ethyl adjacent to an activating group) is 1. The van der Waals surface area contributed by atoms with E-state index >= 15 is 0 Å². The second-order valence-electron chi connectivity index (χ2n) is 10.3. The highest BCUT2D eigenvalue weighted by Gasteiger charge is 2.53. The number of hydrogen-bond acceptors (Lipinski definition) is 6. The fourth-order valence-corrected chi connectivity index (χ4v) is 5.67. The van der Waals surface area contributed by atoms with Crippen molar-refractivity contribution in [1.82, 2.24) is 25.1 Å². The Kier molecular flexibility index (Phi) is 4.80. The minimum Gasteiger partial charge on any atom is -0.379 e. The van der Waals surface area contributed by atoms with Gasteiger partial charge in [-0.15, -0.1) is 0 Å². The molecule has 1 aromatic carbocycles. The van der Waals surface area contributed by atoms with E-state index in [1.54, 1.807) is 18.0 Å². The van der Waals surface area contributed by atoms with Crippen molar-refractivity contribution in [3.05, 3.63) is 29.0 Å². The molecule has 2 N–H and O–H groups in total. The van der Waals surface area contributed by atoms with Crippen LogP contribution < -0.4 is 4.90 Å². The molecule has 1 amide bonds. The van der Waals surface area contributed by atoms with Crippen molar-refractivity contribution in [3.8, 4) is 17.6 Å². The smallest absolute Gasteiger partial charge is 0.243 e. The van der Waals surface area contributed by atoms with Crippen LogP contribution in [0.25, 0.3) is 22.6 Å². The van der Waals surface area contributed by atoms with Crippen LogP contribution in [0.3, 0.4) is 0 Å². The van der Waals surface area contributed by atoms with E-state index in [0.717, 1.165) is 37.5 Å². The summed E-state index contributed by atoms with van der Waals surface area (Å²) in [7, 11) is 1.76. The summed E-state index contributed by atoms with van der Waals surface area (Å²) in [6, 6.07) is 5.63. The first-order valence-electron chi connectivity index (χ1n) is 12.0. The molecular formula is C25H29N7O2. The Morgan fingerprint density at radius 1 is 1.38 bits per heavy atom. The Balaban J connectivity index is 1.32. The molecule has 2 fully saturated rings. The van der Waals surface area contributed by atoms with Crippen molar-refractivity contribution >= 4 is 22.6 Å². The molecular weight excluding hydrogens is 430 g/mol. The molecule has 176 valence electrons. The van der Waals surface area contributed by atoms with Crippen LogP contribution in [0.1, 0.15) is 37.1 Å². The highest BCUT2D eigenvalue weighted by molar-refractivity contribution is 5.99. The monoisotopic (exact) mass is 459 g/mol. The average molecular weight is 460 g/mol. The molecule has 3 aromatic rings. The van der Waals surface area contributed by atoms with Gasteiger partial charge in [-0.25, -0.2) is 4.98 Å². The number of nitrogens with zero attached hydrogens (tertiary/aromatic N) is 5. The van der Waals surface area contributed by atoms with Gasteiger partial charge in [-0.2, -0.15) is 10.4 Å². The van der Waals surface area contributed by atoms with Crippen molar-refractivity contribution in [3.63, 3.8) is 0 Å². The van der Waals surface area contributed by atoms with Crippen LogP contribution in [0.15, 0.2) is 12.1 Å². The number of hydrogen-bond donors (Lipinski definition) is 2. The van der Waals surface area contributed by atoms with Gasteiger partial charge < -0.3 is 14.6 Å². The maximum Gasteiger partial charge on any atom is 0.243 e. The van der Waals surface area contributed by atoms with Gasteiger partial charge in [-0.3, -0.25) is 14.8 Å². The van der Waals surface area contributed by atoms with E-state index in [0.29, 0.717) is 46.7 Å². The van der Waals surface area contributed by atoms with Crippen molar-refractivity contribution in [2.45, 2.75) is 39.2 Å². The Labute approximate surface area is 198 Å². The highest BCUT2D eigenvalue weighted by Crippen LogP contribution is 2.59. The van der Waals surface area contributed by atoms with E-state index in [9.17, 15) is 10.1 Å². The lowest BCUT2D eigenvalue weighted by molar-refractivity contribution is -0.124. The van der Waals surface area contributed by atoms with Gasteiger partial charge >= 0.3 is 0 Å². The third-order valence-electron chi connectivity index (χ3n) is 8.11. The van der Waals surface area contributed by atoms with Gasteiger partial charge in [-0.05, 0) is 49.7 Å². The standard InChI is InChI=1S/C25H29N7O2/c1-14(32-4-6-34-7-5-32)24(33)31(3)17-8-15(13-26)21-19(10-17)27-23(28-21)22-18-9-16-11-25(16,2)12-20(18)29-30-22/h8,10,14,16H,4-7,9,11-12H2,1-3H3,(H,27,28)(H,29,30)/t14-,16+,25+/m0/s1. The summed E-state index contributed by atoms with van der Waals surface area (Å²) < 4.78 is 5.41. The van der Waals surface area contributed by atoms with E-state index in [-0.39, 0.29) is 11.9 Å². The van der Waals surface area contributed by atoms with E-state index in [2.05, 4.69) is 33.1 Å². The van der Waals surface area contributed by atoms with Crippen molar-refractivity contribution in [1.29, 1.82) is 5.26 Å². The molecule has 3 atom stereocenters. The van der Waals surface area contributed by atoms with E-state index in [1.807, 2.05) is 13.0 Å². The Morgan fingerprint density at radius 3 is 2.94 bits per heavy atom.